The number of amides is 1. The minimum Gasteiger partial charge on any atom is -0.475 e. The maximum atomic E-state index is 14.4. The fourth-order valence-electron chi connectivity index (χ4n) is 6.68. The van der Waals surface area contributed by atoms with Gasteiger partial charge in [0.1, 0.15) is 6.61 Å². The highest BCUT2D eigenvalue weighted by atomic mass is 32.2. The second-order valence-corrected chi connectivity index (χ2v) is 15.6. The molecule has 2 aliphatic rings. The van der Waals surface area contributed by atoms with Crippen LogP contribution in [-0.4, -0.2) is 44.2 Å². The van der Waals surface area contributed by atoms with Crippen molar-refractivity contribution in [3.8, 4) is 17.1 Å². The largest absolute Gasteiger partial charge is 0.475 e. The molecule has 44 heavy (non-hydrogen) atoms. The predicted octanol–water partition coefficient (Wildman–Crippen LogP) is 8.14. The molecule has 0 radical (unpaired) electrons. The van der Waals surface area contributed by atoms with Crippen molar-refractivity contribution in [1.29, 1.82) is 0 Å². The first kappa shape index (κ1) is 32.1. The molecule has 1 saturated carbocycles. The van der Waals surface area contributed by atoms with Gasteiger partial charge < -0.3 is 9.64 Å². The van der Waals surface area contributed by atoms with Gasteiger partial charge in [-0.25, -0.2) is 9.19 Å². The fraction of sp³-hybridized carbons (Fsp3) is 0.528. The van der Waals surface area contributed by atoms with Gasteiger partial charge in [0.25, 0.3) is 5.91 Å². The van der Waals surface area contributed by atoms with E-state index in [1.807, 2.05) is 29.2 Å². The molecule has 2 aromatic carbocycles. The molecule has 1 amide bonds. The van der Waals surface area contributed by atoms with Crippen LogP contribution in [-0.2, 0) is 11.0 Å². The Balaban J connectivity index is 1.58. The number of fused-ring (bicyclic) bond motifs is 4. The van der Waals surface area contributed by atoms with Crippen molar-refractivity contribution >= 4 is 22.8 Å². The van der Waals surface area contributed by atoms with E-state index in [-0.39, 0.29) is 23.3 Å². The van der Waals surface area contributed by atoms with Crippen LogP contribution in [0.2, 0.25) is 0 Å². The van der Waals surface area contributed by atoms with Gasteiger partial charge in [-0.3, -0.25) is 9.52 Å². The third-order valence-electron chi connectivity index (χ3n) is 9.51. The van der Waals surface area contributed by atoms with Gasteiger partial charge in [-0.05, 0) is 92.0 Å². The molecule has 2 heterocycles. The van der Waals surface area contributed by atoms with E-state index in [0.29, 0.717) is 46.5 Å². The summed E-state index contributed by atoms with van der Waals surface area (Å²) in [7, 11) is -1.68. The first-order valence-corrected chi connectivity index (χ1v) is 17.2. The van der Waals surface area contributed by atoms with Gasteiger partial charge in [0.15, 0.2) is 11.0 Å². The summed E-state index contributed by atoms with van der Waals surface area (Å²) < 4.78 is 23.0. The number of aromatic nitrogens is 2. The van der Waals surface area contributed by atoms with Crippen molar-refractivity contribution in [2.45, 2.75) is 97.9 Å². The molecule has 1 aliphatic heterocycles. The fourth-order valence-corrected chi connectivity index (χ4v) is 7.49. The van der Waals surface area contributed by atoms with E-state index in [1.54, 1.807) is 12.1 Å². The molecule has 1 unspecified atom stereocenters. The van der Waals surface area contributed by atoms with Crippen LogP contribution in [0, 0.1) is 30.6 Å². The zero-order chi connectivity index (χ0) is 31.6. The number of carbonyl (C=O) groups is 1. The lowest BCUT2D eigenvalue weighted by Crippen LogP contribution is -2.48. The van der Waals surface area contributed by atoms with Gasteiger partial charge in [0.05, 0.1) is 16.6 Å². The maximum Gasteiger partial charge on any atom is 0.254 e. The number of hydrogen-bond acceptors (Lipinski definition) is 5. The topological polar surface area (TPSA) is 84.4 Å². The third-order valence-corrected chi connectivity index (χ3v) is 10.6. The zero-order valence-corrected chi connectivity index (χ0v) is 28.2. The summed E-state index contributed by atoms with van der Waals surface area (Å²) in [4.78, 5) is 26.4. The Morgan fingerprint density at radius 2 is 1.73 bits per heavy atom. The Morgan fingerprint density at radius 3 is 2.39 bits per heavy atom. The molecule has 1 aromatic heterocycles. The molecule has 4 bridgehead atoms. The van der Waals surface area contributed by atoms with E-state index < -0.39 is 11.0 Å². The number of hydrogen-bond donors (Lipinski definition) is 1. The van der Waals surface area contributed by atoms with Crippen LogP contribution in [0.4, 0.5) is 5.95 Å². The van der Waals surface area contributed by atoms with Crippen LogP contribution in [0.5, 0.6) is 5.88 Å². The van der Waals surface area contributed by atoms with Crippen molar-refractivity contribution in [1.82, 2.24) is 14.9 Å². The number of nitrogens with zero attached hydrogens (tertiary/aromatic N) is 3. The molecule has 1 fully saturated rings. The Kier molecular flexibility index (Phi) is 9.49. The highest BCUT2D eigenvalue weighted by Gasteiger charge is 2.35. The van der Waals surface area contributed by atoms with Crippen LogP contribution in [0.1, 0.15) is 94.6 Å². The number of aryl methyl sites for hydroxylation is 2. The Bertz CT molecular complexity index is 1500. The molecule has 236 valence electrons. The van der Waals surface area contributed by atoms with E-state index >= 15 is 0 Å². The summed E-state index contributed by atoms with van der Waals surface area (Å²) in [5.41, 5.74) is 4.75. The molecule has 5 rings (SSSR count). The monoisotopic (exact) mass is 616 g/mol. The van der Waals surface area contributed by atoms with Crippen LogP contribution in [0.15, 0.2) is 53.4 Å². The van der Waals surface area contributed by atoms with Gasteiger partial charge in [0.2, 0.25) is 11.8 Å². The second-order valence-electron chi connectivity index (χ2n) is 14.4. The molecule has 2 atom stereocenters. The van der Waals surface area contributed by atoms with Gasteiger partial charge in [-0.15, -0.1) is 0 Å². The van der Waals surface area contributed by atoms with Gasteiger partial charge >= 0.3 is 0 Å². The lowest BCUT2D eigenvalue weighted by atomic mass is 9.70. The molecule has 1 N–H and O–H groups in total. The number of rotatable bonds is 5. The van der Waals surface area contributed by atoms with Crippen molar-refractivity contribution in [3.05, 3.63) is 65.2 Å². The van der Waals surface area contributed by atoms with Crippen LogP contribution < -0.4 is 9.46 Å². The molecular formula is C36H48N4O3S. The average molecular weight is 617 g/mol. The molecule has 0 saturated heterocycles. The Hall–Kier alpha value is -3.26. The lowest BCUT2D eigenvalue weighted by Gasteiger charge is -2.41. The van der Waals surface area contributed by atoms with Crippen molar-refractivity contribution in [2.75, 3.05) is 17.9 Å². The maximum absolute atomic E-state index is 14.4. The number of carbonyl (C=O) groups excluding carboxylic acids is 1. The molecule has 0 spiro atoms. The highest BCUT2D eigenvalue weighted by molar-refractivity contribution is 7.86. The summed E-state index contributed by atoms with van der Waals surface area (Å²) in [6, 6.07) is 15.0. The molecule has 7 nitrogen and oxygen atoms in total. The van der Waals surface area contributed by atoms with Crippen molar-refractivity contribution in [3.63, 3.8) is 0 Å². The van der Waals surface area contributed by atoms with Crippen molar-refractivity contribution in [2.24, 2.45) is 16.7 Å². The van der Waals surface area contributed by atoms with Gasteiger partial charge in [-0.1, -0.05) is 65.3 Å². The number of anilines is 1. The smallest absolute Gasteiger partial charge is 0.254 e. The van der Waals surface area contributed by atoms with E-state index in [4.69, 9.17) is 9.72 Å². The summed E-state index contributed by atoms with van der Waals surface area (Å²) in [6.07, 6.45) is 6.54. The zero-order valence-electron chi connectivity index (χ0n) is 27.4. The number of benzene rings is 2. The quantitative estimate of drug-likeness (QED) is 0.313. The SMILES string of the molecule is CCC1(C)CCC(CN2C(=O)c3cccc(c3)S(=O)Nc3nc(cc(-c4c(C)cccc4C)n3)OC[C@H]2CC(C)(C)C)CC1. The molecule has 1 aliphatic carbocycles. The molecular weight excluding hydrogens is 568 g/mol. The van der Waals surface area contributed by atoms with Crippen LogP contribution >= 0.6 is 0 Å². The summed E-state index contributed by atoms with van der Waals surface area (Å²) in [5.74, 6) is 1.00. The van der Waals surface area contributed by atoms with Crippen LogP contribution in [0.25, 0.3) is 11.3 Å². The Labute approximate surface area is 265 Å². The minimum absolute atomic E-state index is 0.0426. The first-order valence-electron chi connectivity index (χ1n) is 16.0. The van der Waals surface area contributed by atoms with Gasteiger partial charge in [-0.2, -0.15) is 4.98 Å². The second kappa shape index (κ2) is 13.0. The highest BCUT2D eigenvalue weighted by Crippen LogP contribution is 2.42. The van der Waals surface area contributed by atoms with E-state index in [2.05, 4.69) is 70.3 Å². The molecule has 8 heteroatoms. The number of nitrogens with one attached hydrogen (secondary N) is 1. The minimum atomic E-state index is -1.68. The summed E-state index contributed by atoms with van der Waals surface area (Å²) in [5, 5.41) is 0. The summed E-state index contributed by atoms with van der Waals surface area (Å²) in [6.45, 7) is 16.4. The van der Waals surface area contributed by atoms with E-state index in [9.17, 15) is 9.00 Å². The number of ether oxygens (including phenoxy) is 1. The average Bonchev–Trinajstić information content (AvgIpc) is 2.98. The molecule has 3 aromatic rings. The first-order chi connectivity index (χ1) is 20.8. The Morgan fingerprint density at radius 1 is 1.05 bits per heavy atom. The van der Waals surface area contributed by atoms with Gasteiger partial charge in [0, 0.05) is 23.7 Å². The predicted molar refractivity (Wildman–Crippen MR) is 178 cm³/mol. The van der Waals surface area contributed by atoms with Crippen LogP contribution in [0.3, 0.4) is 0 Å². The third kappa shape index (κ3) is 7.51. The summed E-state index contributed by atoms with van der Waals surface area (Å²) >= 11 is 0. The normalized spacial score (nSPS) is 24.4. The van der Waals surface area contributed by atoms with E-state index in [1.165, 1.54) is 19.3 Å². The standard InChI is InChI=1S/C36H48N4O3S/c1-8-36(7)17-15-26(16-18-36)22-40-28(21-35(4,5)6)23-43-31-20-30(32-24(2)11-9-12-25(32)3)37-34(38-31)39-44(42)29-14-10-13-27(19-29)33(40)41/h9-14,19-20,26,28H,8,15-18,21-23H2,1-7H3,(H,37,38,39)/t26?,28-,36?,44?/m1/s1. The lowest BCUT2D eigenvalue weighted by molar-refractivity contribution is 0.0422. The van der Waals surface area contributed by atoms with E-state index in [0.717, 1.165) is 36.0 Å². The van der Waals surface area contributed by atoms with Crippen molar-refractivity contribution < 1.29 is 13.7 Å².